The van der Waals surface area contributed by atoms with Gasteiger partial charge in [-0.15, -0.1) is 0 Å². The molecule has 7 heteroatoms. The second kappa shape index (κ2) is 7.96. The topological polar surface area (TPSA) is 70.6 Å². The molecule has 2 atom stereocenters. The van der Waals surface area contributed by atoms with Crippen LogP contribution in [-0.2, 0) is 9.59 Å². The minimum absolute atomic E-state index is 0.141. The van der Waals surface area contributed by atoms with E-state index in [0.29, 0.717) is 5.17 Å². The van der Waals surface area contributed by atoms with Crippen LogP contribution in [-0.4, -0.2) is 28.3 Å². The monoisotopic (exact) mass is 431 g/mol. The Kier molecular flexibility index (Phi) is 6.25. The maximum Gasteiger partial charge on any atom is 0.240 e. The first-order valence-electron chi connectivity index (χ1n) is 7.08. The van der Waals surface area contributed by atoms with Gasteiger partial charge >= 0.3 is 0 Å². The number of carbonyl (C=O) groups excluding carboxylic acids is 2. The molecule has 0 saturated carbocycles. The second-order valence-corrected chi connectivity index (χ2v) is 7.48. The Bertz CT molecular complexity index is 589. The van der Waals surface area contributed by atoms with Gasteiger partial charge in [-0.1, -0.05) is 18.7 Å². The van der Waals surface area contributed by atoms with Gasteiger partial charge in [-0.05, 0) is 60.2 Å². The van der Waals surface area contributed by atoms with Gasteiger partial charge in [-0.25, -0.2) is 0 Å². The van der Waals surface area contributed by atoms with E-state index in [-0.39, 0.29) is 24.3 Å². The Morgan fingerprint density at radius 1 is 1.45 bits per heavy atom. The van der Waals surface area contributed by atoms with E-state index in [1.54, 1.807) is 0 Å². The first kappa shape index (κ1) is 17.3. The fraction of sp³-hybridized carbons (Fsp3) is 0.400. The lowest BCUT2D eigenvalue weighted by molar-refractivity contribution is -0.122. The molecule has 22 heavy (non-hydrogen) atoms. The maximum atomic E-state index is 12.0. The van der Waals surface area contributed by atoms with Gasteiger partial charge in [0.25, 0.3) is 0 Å². The van der Waals surface area contributed by atoms with Gasteiger partial charge in [0, 0.05) is 21.7 Å². The molecule has 0 bridgehead atoms. The van der Waals surface area contributed by atoms with Crippen molar-refractivity contribution in [3.8, 4) is 0 Å². The number of nitrogens with one attached hydrogen (secondary N) is 2. The van der Waals surface area contributed by atoms with Crippen molar-refractivity contribution in [2.75, 3.05) is 5.32 Å². The van der Waals surface area contributed by atoms with Gasteiger partial charge in [0.1, 0.15) is 5.25 Å². The van der Waals surface area contributed by atoms with Crippen molar-refractivity contribution in [3.63, 3.8) is 0 Å². The number of hydrogen-bond acceptors (Lipinski definition) is 4. The zero-order valence-electron chi connectivity index (χ0n) is 12.4. The first-order valence-corrected chi connectivity index (χ1v) is 9.04. The summed E-state index contributed by atoms with van der Waals surface area (Å²) >= 11 is 3.54. The quantitative estimate of drug-likeness (QED) is 0.705. The van der Waals surface area contributed by atoms with Gasteiger partial charge in [0.15, 0.2) is 5.17 Å². The summed E-state index contributed by atoms with van der Waals surface area (Å²) in [6.07, 6.45) is 1.06. The fourth-order valence-corrected chi connectivity index (χ4v) is 3.24. The van der Waals surface area contributed by atoms with Crippen molar-refractivity contribution in [1.82, 2.24) is 5.32 Å². The van der Waals surface area contributed by atoms with E-state index < -0.39 is 5.25 Å². The van der Waals surface area contributed by atoms with Gasteiger partial charge in [0.05, 0.1) is 0 Å². The first-order chi connectivity index (χ1) is 10.5. The normalized spacial score (nSPS) is 20.8. The van der Waals surface area contributed by atoms with Crippen LogP contribution >= 0.6 is 34.4 Å². The van der Waals surface area contributed by atoms with E-state index in [1.807, 2.05) is 38.1 Å². The largest absolute Gasteiger partial charge is 0.326 e. The summed E-state index contributed by atoms with van der Waals surface area (Å²) in [7, 11) is 0. The molecule has 0 aromatic heterocycles. The number of anilines is 1. The average Bonchev–Trinajstić information content (AvgIpc) is 2.81. The number of nitrogens with zero attached hydrogens (tertiary/aromatic N) is 1. The molecule has 0 spiro atoms. The number of hydrogen-bond donors (Lipinski definition) is 2. The van der Waals surface area contributed by atoms with Crippen LogP contribution in [0.4, 0.5) is 5.69 Å². The molecule has 2 N–H and O–H groups in total. The number of halogens is 1. The van der Waals surface area contributed by atoms with Gasteiger partial charge in [-0.2, -0.15) is 0 Å². The lowest BCUT2D eigenvalue weighted by atomic mass is 10.2. The molecule has 1 heterocycles. The molecule has 1 saturated heterocycles. The van der Waals surface area contributed by atoms with Crippen LogP contribution in [0, 0.1) is 3.57 Å². The number of amides is 2. The fourth-order valence-electron chi connectivity index (χ4n) is 1.81. The lowest BCUT2D eigenvalue weighted by Gasteiger charge is -2.07. The minimum atomic E-state index is -0.411. The van der Waals surface area contributed by atoms with Crippen molar-refractivity contribution >= 4 is 57.0 Å². The Morgan fingerprint density at radius 2 is 2.14 bits per heavy atom. The standard InChI is InChI=1S/C15H18IN3O2S/c1-3-9(2)17-15-19-14(21)12(22-15)8-13(20)18-11-6-4-10(16)5-7-11/h4-7,9,12H,3,8H2,1-2H3,(H,18,20)(H,17,19,21). The number of thioether (sulfide) groups is 1. The third kappa shape index (κ3) is 4.98. The number of aliphatic imine (C=N–C) groups is 1. The van der Waals surface area contributed by atoms with Crippen LogP contribution in [0.2, 0.25) is 0 Å². The van der Waals surface area contributed by atoms with Crippen molar-refractivity contribution in [2.24, 2.45) is 4.99 Å². The molecule has 0 radical (unpaired) electrons. The summed E-state index contributed by atoms with van der Waals surface area (Å²) in [5.74, 6) is -0.316. The molecule has 1 aromatic carbocycles. The van der Waals surface area contributed by atoms with Crippen molar-refractivity contribution in [3.05, 3.63) is 27.8 Å². The summed E-state index contributed by atoms with van der Waals surface area (Å²) in [5, 5.41) is 5.75. The van der Waals surface area contributed by atoms with E-state index in [9.17, 15) is 9.59 Å². The Labute approximate surface area is 147 Å². The zero-order chi connectivity index (χ0) is 16.1. The van der Waals surface area contributed by atoms with Gasteiger partial charge in [0.2, 0.25) is 11.8 Å². The van der Waals surface area contributed by atoms with Crippen molar-refractivity contribution in [2.45, 2.75) is 38.0 Å². The molecular formula is C15H18IN3O2S. The molecule has 5 nitrogen and oxygen atoms in total. The van der Waals surface area contributed by atoms with Gasteiger partial charge < -0.3 is 10.6 Å². The van der Waals surface area contributed by atoms with Crippen LogP contribution in [0.15, 0.2) is 29.3 Å². The highest BCUT2D eigenvalue weighted by molar-refractivity contribution is 14.1. The second-order valence-electron chi connectivity index (χ2n) is 5.05. The van der Waals surface area contributed by atoms with Crippen LogP contribution in [0.25, 0.3) is 0 Å². The number of rotatable bonds is 5. The number of amidine groups is 1. The van der Waals surface area contributed by atoms with Crippen molar-refractivity contribution in [1.29, 1.82) is 0 Å². The van der Waals surface area contributed by atoms with Crippen LogP contribution in [0.1, 0.15) is 26.7 Å². The highest BCUT2D eigenvalue weighted by Gasteiger charge is 2.32. The van der Waals surface area contributed by atoms with Crippen LogP contribution in [0.3, 0.4) is 0 Å². The molecular weight excluding hydrogens is 413 g/mol. The molecule has 2 amide bonds. The zero-order valence-corrected chi connectivity index (χ0v) is 15.4. The van der Waals surface area contributed by atoms with E-state index >= 15 is 0 Å². The SMILES string of the molecule is CCC(C)N=C1NC(=O)C(CC(=O)Nc2ccc(I)cc2)S1. The highest BCUT2D eigenvalue weighted by atomic mass is 127. The molecule has 1 aliphatic rings. The Morgan fingerprint density at radius 3 is 2.77 bits per heavy atom. The summed E-state index contributed by atoms with van der Waals surface area (Å²) in [6, 6.07) is 7.70. The lowest BCUT2D eigenvalue weighted by Crippen LogP contribution is -2.28. The highest BCUT2D eigenvalue weighted by Crippen LogP contribution is 2.23. The molecule has 118 valence electrons. The van der Waals surface area contributed by atoms with Gasteiger partial charge in [-0.3, -0.25) is 14.6 Å². The minimum Gasteiger partial charge on any atom is -0.326 e. The predicted molar refractivity (Wildman–Crippen MR) is 99.1 cm³/mol. The van der Waals surface area contributed by atoms with E-state index in [4.69, 9.17) is 0 Å². The molecule has 1 aromatic rings. The summed E-state index contributed by atoms with van der Waals surface area (Å²) in [4.78, 5) is 28.3. The predicted octanol–water partition coefficient (Wildman–Crippen LogP) is 3.01. The molecule has 1 aliphatic heterocycles. The van der Waals surface area contributed by atoms with Crippen LogP contribution in [0.5, 0.6) is 0 Å². The Hall–Kier alpha value is -1.09. The molecule has 0 aliphatic carbocycles. The Balaban J connectivity index is 1.90. The maximum absolute atomic E-state index is 12.0. The summed E-state index contributed by atoms with van der Waals surface area (Å²) < 4.78 is 1.10. The summed E-state index contributed by atoms with van der Waals surface area (Å²) in [6.45, 7) is 4.04. The molecule has 1 fully saturated rings. The molecule has 2 rings (SSSR count). The van der Waals surface area contributed by atoms with E-state index in [1.165, 1.54) is 11.8 Å². The van der Waals surface area contributed by atoms with E-state index in [0.717, 1.165) is 15.7 Å². The number of benzene rings is 1. The van der Waals surface area contributed by atoms with E-state index in [2.05, 4.69) is 38.2 Å². The molecule has 2 unspecified atom stereocenters. The third-order valence-electron chi connectivity index (χ3n) is 3.20. The number of carbonyl (C=O) groups is 2. The van der Waals surface area contributed by atoms with Crippen molar-refractivity contribution < 1.29 is 9.59 Å². The van der Waals surface area contributed by atoms with Crippen LogP contribution < -0.4 is 10.6 Å². The third-order valence-corrected chi connectivity index (χ3v) is 5.02. The average molecular weight is 431 g/mol. The smallest absolute Gasteiger partial charge is 0.240 e. The summed E-state index contributed by atoms with van der Waals surface area (Å²) in [5.41, 5.74) is 0.738.